The normalized spacial score (nSPS) is 18.0. The van der Waals surface area contributed by atoms with Crippen LogP contribution in [0.1, 0.15) is 24.0 Å². The van der Waals surface area contributed by atoms with E-state index in [0.29, 0.717) is 17.8 Å². The van der Waals surface area contributed by atoms with Crippen LogP contribution in [0.3, 0.4) is 0 Å². The molecule has 0 radical (unpaired) electrons. The van der Waals surface area contributed by atoms with Crippen LogP contribution >= 0.6 is 11.6 Å². The lowest BCUT2D eigenvalue weighted by atomic mass is 10.2. The number of nitrogens with one attached hydrogen (secondary N) is 1. The maximum absolute atomic E-state index is 6.15. The van der Waals surface area contributed by atoms with E-state index in [2.05, 4.69) is 15.3 Å². The molecular formula is C17H18ClN3O. The smallest absolute Gasteiger partial charge is 0.138 e. The molecule has 1 fully saturated rings. The highest BCUT2D eigenvalue weighted by molar-refractivity contribution is 6.31. The molecule has 0 aliphatic carbocycles. The van der Waals surface area contributed by atoms with E-state index in [1.54, 1.807) is 18.6 Å². The molecule has 2 aromatic heterocycles. The molecule has 1 aliphatic rings. The Bertz CT molecular complexity index is 640. The van der Waals surface area contributed by atoms with Gasteiger partial charge in [-0.1, -0.05) is 23.8 Å². The zero-order chi connectivity index (χ0) is 15.2. The van der Waals surface area contributed by atoms with Crippen molar-refractivity contribution in [3.63, 3.8) is 0 Å². The molecule has 0 aromatic carbocycles. The van der Waals surface area contributed by atoms with Gasteiger partial charge in [-0.15, -0.1) is 0 Å². The van der Waals surface area contributed by atoms with Crippen LogP contribution in [0.5, 0.6) is 5.75 Å². The Balaban J connectivity index is 1.68. The molecule has 4 nitrogen and oxygen atoms in total. The molecule has 22 heavy (non-hydrogen) atoms. The van der Waals surface area contributed by atoms with Crippen molar-refractivity contribution >= 4 is 23.8 Å². The predicted octanol–water partition coefficient (Wildman–Crippen LogP) is 3.43. The van der Waals surface area contributed by atoms with Gasteiger partial charge in [-0.05, 0) is 43.1 Å². The van der Waals surface area contributed by atoms with Crippen molar-refractivity contribution < 1.29 is 4.74 Å². The molecule has 2 aromatic rings. The fourth-order valence-corrected chi connectivity index (χ4v) is 2.56. The number of aromatic nitrogens is 2. The predicted molar refractivity (Wildman–Crippen MR) is 88.9 cm³/mol. The molecule has 5 heteroatoms. The van der Waals surface area contributed by atoms with E-state index in [4.69, 9.17) is 16.3 Å². The minimum Gasteiger partial charge on any atom is -0.490 e. The maximum Gasteiger partial charge on any atom is 0.138 e. The van der Waals surface area contributed by atoms with E-state index >= 15 is 0 Å². The molecular weight excluding hydrogens is 298 g/mol. The maximum atomic E-state index is 6.15. The largest absolute Gasteiger partial charge is 0.490 e. The molecule has 3 rings (SSSR count). The van der Waals surface area contributed by atoms with Crippen molar-refractivity contribution in [2.75, 3.05) is 13.2 Å². The summed E-state index contributed by atoms with van der Waals surface area (Å²) >= 11 is 6.15. The zero-order valence-corrected chi connectivity index (χ0v) is 13.0. The third-order valence-electron chi connectivity index (χ3n) is 3.62. The van der Waals surface area contributed by atoms with Gasteiger partial charge in [-0.2, -0.15) is 0 Å². The molecule has 1 N–H and O–H groups in total. The van der Waals surface area contributed by atoms with Gasteiger partial charge in [-0.3, -0.25) is 4.98 Å². The molecule has 0 unspecified atom stereocenters. The molecule has 0 spiro atoms. The van der Waals surface area contributed by atoms with Gasteiger partial charge in [0, 0.05) is 24.0 Å². The summed E-state index contributed by atoms with van der Waals surface area (Å²) in [6.07, 6.45) is 11.5. The Morgan fingerprint density at radius 3 is 2.95 bits per heavy atom. The van der Waals surface area contributed by atoms with E-state index in [0.717, 1.165) is 29.8 Å². The van der Waals surface area contributed by atoms with Crippen LogP contribution in [0.15, 0.2) is 36.8 Å². The van der Waals surface area contributed by atoms with Gasteiger partial charge < -0.3 is 10.1 Å². The second-order valence-electron chi connectivity index (χ2n) is 5.27. The highest BCUT2D eigenvalue weighted by atomic mass is 35.5. The fourth-order valence-electron chi connectivity index (χ4n) is 2.40. The van der Waals surface area contributed by atoms with Crippen LogP contribution in [0, 0.1) is 0 Å². The van der Waals surface area contributed by atoms with E-state index in [9.17, 15) is 0 Å². The first-order valence-electron chi connectivity index (χ1n) is 7.41. The summed E-state index contributed by atoms with van der Waals surface area (Å²) in [4.78, 5) is 8.19. The quantitative estimate of drug-likeness (QED) is 0.859. The fraction of sp³-hybridized carbons (Fsp3) is 0.294. The molecule has 1 atom stereocenters. The average Bonchev–Trinajstić information content (AvgIpc) is 3.07. The zero-order valence-electron chi connectivity index (χ0n) is 12.2. The van der Waals surface area contributed by atoms with Crippen molar-refractivity contribution in [2.24, 2.45) is 0 Å². The first-order chi connectivity index (χ1) is 10.8. The van der Waals surface area contributed by atoms with Gasteiger partial charge >= 0.3 is 0 Å². The number of nitrogens with zero attached hydrogens (tertiary/aromatic N) is 2. The monoisotopic (exact) mass is 315 g/mol. The summed E-state index contributed by atoms with van der Waals surface area (Å²) in [5.74, 6) is 0.743. The lowest BCUT2D eigenvalue weighted by molar-refractivity contribution is 0.276. The molecule has 114 valence electrons. The van der Waals surface area contributed by atoms with E-state index < -0.39 is 0 Å². The minimum atomic E-state index is 0.437. The highest BCUT2D eigenvalue weighted by Crippen LogP contribution is 2.22. The van der Waals surface area contributed by atoms with Crippen molar-refractivity contribution in [2.45, 2.75) is 18.9 Å². The van der Waals surface area contributed by atoms with E-state index in [1.165, 1.54) is 6.42 Å². The van der Waals surface area contributed by atoms with E-state index in [-0.39, 0.29) is 0 Å². The van der Waals surface area contributed by atoms with Crippen LogP contribution in [-0.4, -0.2) is 29.2 Å². The standard InChI is InChI=1S/C17H18ClN3O/c18-17-14(4-3-13-5-8-19-9-6-13)10-16(11-21-17)22-12-15-2-1-7-20-15/h3-6,8-11,15,20H,1-2,7,12H2/b4-3+/t15-/m1/s1. The second kappa shape index (κ2) is 7.38. The van der Waals surface area contributed by atoms with Gasteiger partial charge in [-0.25, -0.2) is 4.98 Å². The van der Waals surface area contributed by atoms with Crippen molar-refractivity contribution in [1.82, 2.24) is 15.3 Å². The Morgan fingerprint density at radius 1 is 1.32 bits per heavy atom. The van der Waals surface area contributed by atoms with Crippen molar-refractivity contribution in [3.05, 3.63) is 53.1 Å². The number of rotatable bonds is 5. The van der Waals surface area contributed by atoms with Crippen LogP contribution in [-0.2, 0) is 0 Å². The number of ether oxygens (including phenoxy) is 1. The summed E-state index contributed by atoms with van der Waals surface area (Å²) in [6, 6.07) is 6.22. The summed E-state index contributed by atoms with van der Waals surface area (Å²) in [6.45, 7) is 1.74. The third-order valence-corrected chi connectivity index (χ3v) is 3.93. The molecule has 0 amide bonds. The average molecular weight is 316 g/mol. The van der Waals surface area contributed by atoms with Crippen LogP contribution in [0.4, 0.5) is 0 Å². The molecule has 3 heterocycles. The first kappa shape index (κ1) is 15.0. The molecule has 1 saturated heterocycles. The number of pyridine rings is 2. The Hall–Kier alpha value is -1.91. The summed E-state index contributed by atoms with van der Waals surface area (Å²) < 4.78 is 5.81. The number of hydrogen-bond donors (Lipinski definition) is 1. The topological polar surface area (TPSA) is 47.0 Å². The first-order valence-corrected chi connectivity index (χ1v) is 7.79. The van der Waals surface area contributed by atoms with Crippen LogP contribution < -0.4 is 10.1 Å². The minimum absolute atomic E-state index is 0.437. The Kier molecular flexibility index (Phi) is 5.03. The molecule has 0 bridgehead atoms. The molecule has 1 aliphatic heterocycles. The van der Waals surface area contributed by atoms with Gasteiger partial charge in [0.1, 0.15) is 17.5 Å². The summed E-state index contributed by atoms with van der Waals surface area (Å²) in [7, 11) is 0. The third kappa shape index (κ3) is 4.06. The van der Waals surface area contributed by atoms with Crippen LogP contribution in [0.25, 0.3) is 12.2 Å². The molecule has 0 saturated carbocycles. The summed E-state index contributed by atoms with van der Waals surface area (Å²) in [5.41, 5.74) is 1.91. The second-order valence-corrected chi connectivity index (χ2v) is 5.63. The SMILES string of the molecule is Clc1ncc(OC[C@H]2CCCN2)cc1/C=C/c1ccncc1. The van der Waals surface area contributed by atoms with Gasteiger partial charge in [0.2, 0.25) is 0 Å². The number of halogens is 1. The van der Waals surface area contributed by atoms with Gasteiger partial charge in [0.05, 0.1) is 6.20 Å². The Morgan fingerprint density at radius 2 is 2.18 bits per heavy atom. The lowest BCUT2D eigenvalue weighted by Crippen LogP contribution is -2.28. The van der Waals surface area contributed by atoms with Crippen molar-refractivity contribution in [3.8, 4) is 5.75 Å². The van der Waals surface area contributed by atoms with Gasteiger partial charge in [0.15, 0.2) is 0 Å². The Labute approximate surface area is 135 Å². The lowest BCUT2D eigenvalue weighted by Gasteiger charge is -2.12. The van der Waals surface area contributed by atoms with E-state index in [1.807, 2.05) is 30.4 Å². The van der Waals surface area contributed by atoms with Crippen molar-refractivity contribution in [1.29, 1.82) is 0 Å². The van der Waals surface area contributed by atoms with Crippen LogP contribution in [0.2, 0.25) is 5.15 Å². The number of hydrogen-bond acceptors (Lipinski definition) is 4. The summed E-state index contributed by atoms with van der Waals surface area (Å²) in [5, 5.41) is 3.88. The van der Waals surface area contributed by atoms with Gasteiger partial charge in [0.25, 0.3) is 0 Å². The highest BCUT2D eigenvalue weighted by Gasteiger charge is 2.14.